The van der Waals surface area contributed by atoms with Gasteiger partial charge < -0.3 is 5.32 Å². The minimum absolute atomic E-state index is 0.199. The van der Waals surface area contributed by atoms with Gasteiger partial charge in [-0.1, -0.05) is 0 Å². The Morgan fingerprint density at radius 1 is 1.30 bits per heavy atom. The minimum atomic E-state index is -3.28. The van der Waals surface area contributed by atoms with E-state index in [1.54, 1.807) is 0 Å². The molecule has 1 aromatic heterocycles. The van der Waals surface area contributed by atoms with Crippen LogP contribution in [-0.4, -0.2) is 32.2 Å². The van der Waals surface area contributed by atoms with E-state index in [0.717, 1.165) is 50.9 Å². The fourth-order valence-corrected chi connectivity index (χ4v) is 5.70. The summed E-state index contributed by atoms with van der Waals surface area (Å²) >= 11 is 1.51. The van der Waals surface area contributed by atoms with E-state index in [4.69, 9.17) is 0 Å². The summed E-state index contributed by atoms with van der Waals surface area (Å²) in [7, 11) is -3.28. The molecule has 0 amide bonds. The van der Waals surface area contributed by atoms with Crippen LogP contribution in [0.25, 0.3) is 0 Å². The summed E-state index contributed by atoms with van der Waals surface area (Å²) in [6, 6.07) is 0. The van der Waals surface area contributed by atoms with Gasteiger partial charge in [0.1, 0.15) is 0 Å². The Morgan fingerprint density at radius 3 is 2.90 bits per heavy atom. The van der Waals surface area contributed by atoms with Gasteiger partial charge in [0.2, 0.25) is 10.0 Å². The molecule has 1 saturated heterocycles. The Labute approximate surface area is 124 Å². The molecule has 2 N–H and O–H groups in total. The van der Waals surface area contributed by atoms with E-state index in [0.29, 0.717) is 5.13 Å². The molecule has 5 nitrogen and oxygen atoms in total. The molecule has 1 aliphatic heterocycles. The first kappa shape index (κ1) is 14.3. The van der Waals surface area contributed by atoms with E-state index in [1.807, 2.05) is 0 Å². The van der Waals surface area contributed by atoms with Gasteiger partial charge in [-0.25, -0.2) is 13.4 Å². The van der Waals surface area contributed by atoms with E-state index in [-0.39, 0.29) is 11.7 Å². The van der Waals surface area contributed by atoms with Crippen molar-refractivity contribution in [2.45, 2.75) is 38.5 Å². The molecule has 0 radical (unpaired) electrons. The number of hydrogen-bond donors (Lipinski definition) is 2. The molecule has 1 aliphatic carbocycles. The average Bonchev–Trinajstić information content (AvgIpc) is 2.80. The maximum Gasteiger partial charge on any atom is 0.234 e. The van der Waals surface area contributed by atoms with Crippen LogP contribution in [-0.2, 0) is 22.9 Å². The number of piperidine rings is 1. The SMILES string of the molecule is O=S(=O)(CC1CCCNC1)Nc1nc2c(s1)CCCC2. The Balaban J connectivity index is 1.64. The van der Waals surface area contributed by atoms with Crippen molar-refractivity contribution in [2.75, 3.05) is 23.6 Å². The van der Waals surface area contributed by atoms with Crippen molar-refractivity contribution >= 4 is 26.5 Å². The second-order valence-electron chi connectivity index (χ2n) is 5.69. The topological polar surface area (TPSA) is 71.1 Å². The molecule has 7 heteroatoms. The number of hydrogen-bond acceptors (Lipinski definition) is 5. The molecule has 112 valence electrons. The van der Waals surface area contributed by atoms with E-state index in [1.165, 1.54) is 22.6 Å². The lowest BCUT2D eigenvalue weighted by molar-refractivity contribution is 0.404. The molecule has 0 bridgehead atoms. The van der Waals surface area contributed by atoms with Gasteiger partial charge in [-0.2, -0.15) is 0 Å². The Bertz CT molecular complexity index is 539. The summed E-state index contributed by atoms with van der Waals surface area (Å²) in [6.45, 7) is 1.80. The third kappa shape index (κ3) is 3.51. The average molecular weight is 315 g/mol. The van der Waals surface area contributed by atoms with E-state index in [2.05, 4.69) is 15.0 Å². The van der Waals surface area contributed by atoms with Gasteiger partial charge in [0, 0.05) is 4.88 Å². The van der Waals surface area contributed by atoms with Crippen LogP contribution < -0.4 is 10.0 Å². The molecule has 2 heterocycles. The molecular weight excluding hydrogens is 294 g/mol. The van der Waals surface area contributed by atoms with Crippen LogP contribution in [0.3, 0.4) is 0 Å². The van der Waals surface area contributed by atoms with Crippen LogP contribution in [0.2, 0.25) is 0 Å². The summed E-state index contributed by atoms with van der Waals surface area (Å²) in [4.78, 5) is 5.70. The maximum absolute atomic E-state index is 12.2. The quantitative estimate of drug-likeness (QED) is 0.888. The molecule has 3 rings (SSSR count). The number of sulfonamides is 1. The zero-order valence-corrected chi connectivity index (χ0v) is 13.2. The highest BCUT2D eigenvalue weighted by atomic mass is 32.2. The normalized spacial score (nSPS) is 23.3. The predicted octanol–water partition coefficient (Wildman–Crippen LogP) is 1.76. The molecule has 1 unspecified atom stereocenters. The lowest BCUT2D eigenvalue weighted by Crippen LogP contribution is -2.35. The zero-order valence-electron chi connectivity index (χ0n) is 11.5. The van der Waals surface area contributed by atoms with Crippen molar-refractivity contribution in [1.82, 2.24) is 10.3 Å². The molecule has 0 aromatic carbocycles. The molecule has 20 heavy (non-hydrogen) atoms. The third-order valence-electron chi connectivity index (χ3n) is 3.94. The lowest BCUT2D eigenvalue weighted by Gasteiger charge is -2.22. The summed E-state index contributed by atoms with van der Waals surface area (Å²) < 4.78 is 27.1. The molecule has 1 fully saturated rings. The number of fused-ring (bicyclic) bond motifs is 1. The highest BCUT2D eigenvalue weighted by molar-refractivity contribution is 7.92. The number of thiazole rings is 1. The number of nitrogens with zero attached hydrogens (tertiary/aromatic N) is 1. The highest BCUT2D eigenvalue weighted by Crippen LogP contribution is 2.30. The second-order valence-corrected chi connectivity index (χ2v) is 8.54. The summed E-state index contributed by atoms with van der Waals surface area (Å²) in [5.41, 5.74) is 1.10. The zero-order chi connectivity index (χ0) is 14.0. The Morgan fingerprint density at radius 2 is 2.15 bits per heavy atom. The molecular formula is C13H21N3O2S2. The summed E-state index contributed by atoms with van der Waals surface area (Å²) in [5, 5.41) is 3.81. The fourth-order valence-electron chi connectivity index (χ4n) is 2.95. The first-order valence-corrected chi connectivity index (χ1v) is 9.79. The van der Waals surface area contributed by atoms with Crippen LogP contribution in [0.1, 0.15) is 36.3 Å². The van der Waals surface area contributed by atoms with Crippen LogP contribution in [0.15, 0.2) is 0 Å². The third-order valence-corrected chi connectivity index (χ3v) is 6.56. The van der Waals surface area contributed by atoms with Crippen LogP contribution in [0.4, 0.5) is 5.13 Å². The van der Waals surface area contributed by atoms with E-state index < -0.39 is 10.0 Å². The van der Waals surface area contributed by atoms with Crippen LogP contribution in [0.5, 0.6) is 0 Å². The Kier molecular flexibility index (Phi) is 4.28. The number of anilines is 1. The first-order chi connectivity index (χ1) is 9.62. The monoisotopic (exact) mass is 315 g/mol. The molecule has 0 spiro atoms. The van der Waals surface area contributed by atoms with Crippen molar-refractivity contribution in [3.63, 3.8) is 0 Å². The molecule has 2 aliphatic rings. The molecule has 1 aromatic rings. The molecule has 1 atom stereocenters. The number of aromatic nitrogens is 1. The van der Waals surface area contributed by atoms with Gasteiger partial charge in [0.25, 0.3) is 0 Å². The van der Waals surface area contributed by atoms with E-state index >= 15 is 0 Å². The minimum Gasteiger partial charge on any atom is -0.316 e. The lowest BCUT2D eigenvalue weighted by atomic mass is 10.0. The smallest absolute Gasteiger partial charge is 0.234 e. The predicted molar refractivity (Wildman–Crippen MR) is 81.8 cm³/mol. The largest absolute Gasteiger partial charge is 0.316 e. The van der Waals surface area contributed by atoms with Crippen LogP contribution in [0, 0.1) is 5.92 Å². The molecule has 0 saturated carbocycles. The summed E-state index contributed by atoms with van der Waals surface area (Å²) in [5.74, 6) is 0.417. The Hall–Kier alpha value is -0.660. The maximum atomic E-state index is 12.2. The van der Waals surface area contributed by atoms with Crippen molar-refractivity contribution in [3.8, 4) is 0 Å². The standard InChI is InChI=1S/C13H21N3O2S2/c17-20(18,9-10-4-3-7-14-8-10)16-13-15-11-5-1-2-6-12(11)19-13/h10,14H,1-9H2,(H,15,16). The van der Waals surface area contributed by atoms with Crippen molar-refractivity contribution in [1.29, 1.82) is 0 Å². The van der Waals surface area contributed by atoms with Gasteiger partial charge in [-0.3, -0.25) is 4.72 Å². The van der Waals surface area contributed by atoms with Crippen molar-refractivity contribution < 1.29 is 8.42 Å². The fraction of sp³-hybridized carbons (Fsp3) is 0.769. The number of rotatable bonds is 4. The van der Waals surface area contributed by atoms with Crippen molar-refractivity contribution in [3.05, 3.63) is 10.6 Å². The summed E-state index contributed by atoms with van der Waals surface area (Å²) in [6.07, 6.45) is 6.43. The van der Waals surface area contributed by atoms with Gasteiger partial charge in [0.15, 0.2) is 5.13 Å². The van der Waals surface area contributed by atoms with Gasteiger partial charge in [-0.05, 0) is 57.5 Å². The second kappa shape index (κ2) is 5.99. The first-order valence-electron chi connectivity index (χ1n) is 7.32. The van der Waals surface area contributed by atoms with Crippen LogP contribution >= 0.6 is 11.3 Å². The van der Waals surface area contributed by atoms with Gasteiger partial charge in [0.05, 0.1) is 11.4 Å². The van der Waals surface area contributed by atoms with Gasteiger partial charge >= 0.3 is 0 Å². The van der Waals surface area contributed by atoms with Gasteiger partial charge in [-0.15, -0.1) is 11.3 Å². The number of nitrogens with one attached hydrogen (secondary N) is 2. The van der Waals surface area contributed by atoms with Crippen molar-refractivity contribution in [2.24, 2.45) is 5.92 Å². The highest BCUT2D eigenvalue weighted by Gasteiger charge is 2.23. The number of aryl methyl sites for hydroxylation is 2. The van der Waals surface area contributed by atoms with E-state index in [9.17, 15) is 8.42 Å².